The number of hydrogen-bond acceptors (Lipinski definition) is 3. The molecular weight excluding hydrogens is 295 g/mol. The highest BCUT2D eigenvalue weighted by Gasteiger charge is 2.52. The Labute approximate surface area is 116 Å². The van der Waals surface area contributed by atoms with Gasteiger partial charge in [-0.2, -0.15) is 0 Å². The monoisotopic (exact) mass is 312 g/mol. The first-order valence-electron chi connectivity index (χ1n) is 6.40. The highest BCUT2D eigenvalue weighted by molar-refractivity contribution is 9.10. The van der Waals surface area contributed by atoms with Crippen LogP contribution in [0.4, 0.5) is 0 Å². The zero-order chi connectivity index (χ0) is 13.1. The van der Waals surface area contributed by atoms with Crippen molar-refractivity contribution in [1.82, 2.24) is 9.55 Å². The molecule has 2 heterocycles. The van der Waals surface area contributed by atoms with E-state index in [1.807, 2.05) is 6.20 Å². The first kappa shape index (κ1) is 12.7. The minimum absolute atomic E-state index is 0.312. The molecule has 1 aromatic rings. The molecule has 6 heteroatoms. The van der Waals surface area contributed by atoms with Crippen LogP contribution in [0.5, 0.6) is 0 Å². The maximum absolute atomic E-state index is 6.00. The van der Waals surface area contributed by atoms with Crippen LogP contribution >= 0.6 is 15.9 Å². The van der Waals surface area contributed by atoms with Crippen molar-refractivity contribution in [3.8, 4) is 0 Å². The van der Waals surface area contributed by atoms with E-state index >= 15 is 0 Å². The number of aromatic nitrogens is 2. The van der Waals surface area contributed by atoms with Crippen LogP contribution in [-0.2, 0) is 9.31 Å². The Morgan fingerprint density at radius 3 is 2.33 bits per heavy atom. The molecule has 0 unspecified atom stereocenters. The van der Waals surface area contributed by atoms with Crippen molar-refractivity contribution in [2.75, 3.05) is 0 Å². The second kappa shape index (κ2) is 3.84. The molecule has 0 amide bonds. The molecule has 2 fully saturated rings. The summed E-state index contributed by atoms with van der Waals surface area (Å²) in [6, 6.07) is 0.600. The molecule has 0 aromatic carbocycles. The van der Waals surface area contributed by atoms with Crippen LogP contribution in [0.1, 0.15) is 46.6 Å². The van der Waals surface area contributed by atoms with Gasteiger partial charge in [0.15, 0.2) is 4.73 Å². The second-order valence-corrected chi connectivity index (χ2v) is 6.87. The lowest BCUT2D eigenvalue weighted by Crippen LogP contribution is -2.41. The van der Waals surface area contributed by atoms with E-state index in [2.05, 4.69) is 53.2 Å². The van der Waals surface area contributed by atoms with Gasteiger partial charge in [-0.1, -0.05) is 0 Å². The summed E-state index contributed by atoms with van der Waals surface area (Å²) in [5.74, 6) is 0. The van der Waals surface area contributed by atoms with E-state index in [0.717, 1.165) is 10.3 Å². The molecule has 1 saturated carbocycles. The van der Waals surface area contributed by atoms with Gasteiger partial charge in [0, 0.05) is 12.2 Å². The minimum Gasteiger partial charge on any atom is -0.398 e. The Kier molecular flexibility index (Phi) is 2.71. The summed E-state index contributed by atoms with van der Waals surface area (Å²) in [6.07, 6.45) is 4.51. The SMILES string of the molecule is CC1(C)OB(c2cn(C3CC3)c(Br)n2)OC1(C)C. The van der Waals surface area contributed by atoms with Crippen LogP contribution in [0.3, 0.4) is 0 Å². The molecule has 1 aromatic heterocycles. The molecule has 18 heavy (non-hydrogen) atoms. The molecule has 0 atom stereocenters. The zero-order valence-corrected chi connectivity index (χ0v) is 12.8. The van der Waals surface area contributed by atoms with Crippen LogP contribution in [0, 0.1) is 0 Å². The third kappa shape index (κ3) is 1.94. The number of hydrogen-bond donors (Lipinski definition) is 0. The standard InChI is InChI=1S/C12H18BBrN2O2/c1-11(2)12(3,4)18-13(17-11)9-7-16(8-5-6-8)10(14)15-9/h7-8H,5-6H2,1-4H3. The summed E-state index contributed by atoms with van der Waals surface area (Å²) in [6.45, 7) is 8.22. The predicted molar refractivity (Wildman–Crippen MR) is 73.9 cm³/mol. The maximum Gasteiger partial charge on any atom is 0.516 e. The zero-order valence-electron chi connectivity index (χ0n) is 11.2. The molecule has 0 radical (unpaired) electrons. The van der Waals surface area contributed by atoms with Gasteiger partial charge in [0.25, 0.3) is 0 Å². The summed E-state index contributed by atoms with van der Waals surface area (Å²) in [5.41, 5.74) is 0.230. The Bertz CT molecular complexity index is 466. The number of rotatable bonds is 2. The van der Waals surface area contributed by atoms with E-state index in [4.69, 9.17) is 9.31 Å². The molecule has 0 bridgehead atoms. The lowest BCUT2D eigenvalue weighted by atomic mass is 9.86. The second-order valence-electron chi connectivity index (χ2n) is 6.16. The third-order valence-corrected chi connectivity index (χ3v) is 4.73. The molecule has 3 rings (SSSR count). The van der Waals surface area contributed by atoms with Gasteiger partial charge in [0.1, 0.15) is 0 Å². The van der Waals surface area contributed by atoms with Crippen molar-refractivity contribution in [2.45, 2.75) is 57.8 Å². The van der Waals surface area contributed by atoms with Crippen molar-refractivity contribution < 1.29 is 9.31 Å². The lowest BCUT2D eigenvalue weighted by Gasteiger charge is -2.32. The van der Waals surface area contributed by atoms with Gasteiger partial charge < -0.3 is 13.9 Å². The van der Waals surface area contributed by atoms with Gasteiger partial charge in [-0.05, 0) is 56.5 Å². The number of nitrogens with zero attached hydrogens (tertiary/aromatic N) is 2. The first-order chi connectivity index (χ1) is 8.30. The van der Waals surface area contributed by atoms with Gasteiger partial charge in [-0.15, -0.1) is 0 Å². The van der Waals surface area contributed by atoms with Gasteiger partial charge in [-0.3, -0.25) is 0 Å². The maximum atomic E-state index is 6.00. The molecule has 4 nitrogen and oxygen atoms in total. The van der Waals surface area contributed by atoms with E-state index in [9.17, 15) is 0 Å². The van der Waals surface area contributed by atoms with Gasteiger partial charge in [0.2, 0.25) is 0 Å². The van der Waals surface area contributed by atoms with Crippen molar-refractivity contribution in [3.05, 3.63) is 10.9 Å². The highest BCUT2D eigenvalue weighted by atomic mass is 79.9. The van der Waals surface area contributed by atoms with Crippen LogP contribution < -0.4 is 5.59 Å². The topological polar surface area (TPSA) is 36.3 Å². The Balaban J connectivity index is 1.86. The Morgan fingerprint density at radius 1 is 1.28 bits per heavy atom. The fraction of sp³-hybridized carbons (Fsp3) is 0.750. The van der Waals surface area contributed by atoms with E-state index in [0.29, 0.717) is 6.04 Å². The number of imidazole rings is 1. The minimum atomic E-state index is -0.369. The molecule has 1 aliphatic heterocycles. The molecule has 0 spiro atoms. The lowest BCUT2D eigenvalue weighted by molar-refractivity contribution is 0.00578. The predicted octanol–water partition coefficient (Wildman–Crippen LogP) is 2.28. The normalized spacial score (nSPS) is 25.7. The van der Waals surface area contributed by atoms with Gasteiger partial charge in [-0.25, -0.2) is 4.98 Å². The summed E-state index contributed by atoms with van der Waals surface area (Å²) in [5, 5.41) is 0. The number of halogens is 1. The van der Waals surface area contributed by atoms with Crippen LogP contribution in [0.2, 0.25) is 0 Å². The average Bonchev–Trinajstić information content (AvgIpc) is 2.95. The Morgan fingerprint density at radius 2 is 1.83 bits per heavy atom. The highest BCUT2D eigenvalue weighted by Crippen LogP contribution is 2.38. The molecule has 0 N–H and O–H groups in total. The summed E-state index contributed by atoms with van der Waals surface area (Å²) in [4.78, 5) is 4.51. The molecule has 1 aliphatic carbocycles. The van der Waals surface area contributed by atoms with Gasteiger partial charge >= 0.3 is 7.12 Å². The van der Waals surface area contributed by atoms with Crippen LogP contribution in [0.15, 0.2) is 10.9 Å². The molecule has 1 saturated heterocycles. The molecular formula is C12H18BBrN2O2. The quantitative estimate of drug-likeness (QED) is 0.786. The summed E-state index contributed by atoms with van der Waals surface area (Å²) in [7, 11) is -0.369. The van der Waals surface area contributed by atoms with Crippen LogP contribution in [0.25, 0.3) is 0 Å². The third-order valence-electron chi connectivity index (χ3n) is 4.14. The van der Waals surface area contributed by atoms with E-state index < -0.39 is 0 Å². The first-order valence-corrected chi connectivity index (χ1v) is 7.19. The summed E-state index contributed by atoms with van der Waals surface area (Å²) >= 11 is 3.50. The average molecular weight is 313 g/mol. The smallest absolute Gasteiger partial charge is 0.398 e. The summed E-state index contributed by atoms with van der Waals surface area (Å²) < 4.78 is 15.0. The molecule has 98 valence electrons. The van der Waals surface area contributed by atoms with Gasteiger partial charge in [0.05, 0.1) is 16.8 Å². The van der Waals surface area contributed by atoms with E-state index in [1.54, 1.807) is 0 Å². The van der Waals surface area contributed by atoms with Crippen molar-refractivity contribution in [2.24, 2.45) is 0 Å². The molecule has 2 aliphatic rings. The fourth-order valence-electron chi connectivity index (χ4n) is 2.08. The van der Waals surface area contributed by atoms with Crippen LogP contribution in [-0.4, -0.2) is 27.9 Å². The van der Waals surface area contributed by atoms with E-state index in [1.165, 1.54) is 12.8 Å². The van der Waals surface area contributed by atoms with Crippen molar-refractivity contribution in [3.63, 3.8) is 0 Å². The fourth-order valence-corrected chi connectivity index (χ4v) is 2.67. The van der Waals surface area contributed by atoms with E-state index in [-0.39, 0.29) is 18.3 Å². The largest absolute Gasteiger partial charge is 0.516 e. The Hall–Kier alpha value is -0.325. The van der Waals surface area contributed by atoms with Crippen molar-refractivity contribution in [1.29, 1.82) is 0 Å². The van der Waals surface area contributed by atoms with Crippen molar-refractivity contribution >= 4 is 28.6 Å².